The van der Waals surface area contributed by atoms with Gasteiger partial charge < -0.3 is 20.1 Å². The van der Waals surface area contributed by atoms with Crippen LogP contribution in [0.4, 0.5) is 5.69 Å². The first-order valence-electron chi connectivity index (χ1n) is 5.98. The Bertz CT molecular complexity index is 770. The first kappa shape index (κ1) is 12.9. The highest BCUT2D eigenvalue weighted by Crippen LogP contribution is 2.28. The number of phenols is 1. The Morgan fingerprint density at radius 3 is 2.71 bits per heavy atom. The van der Waals surface area contributed by atoms with E-state index in [1.807, 2.05) is 0 Å². The molecule has 0 aliphatic carbocycles. The van der Waals surface area contributed by atoms with Gasteiger partial charge in [0.2, 0.25) is 11.7 Å². The first-order chi connectivity index (χ1) is 10.2. The van der Waals surface area contributed by atoms with Gasteiger partial charge in [0.1, 0.15) is 11.4 Å². The van der Waals surface area contributed by atoms with Gasteiger partial charge in [0.15, 0.2) is 0 Å². The minimum absolute atomic E-state index is 0.0449. The van der Waals surface area contributed by atoms with Crippen molar-refractivity contribution in [1.82, 2.24) is 20.3 Å². The summed E-state index contributed by atoms with van der Waals surface area (Å²) in [6, 6.07) is 7.99. The summed E-state index contributed by atoms with van der Waals surface area (Å²) in [4.78, 5) is 4.20. The van der Waals surface area contributed by atoms with Gasteiger partial charge >= 0.3 is 0 Å². The Morgan fingerprint density at radius 1 is 1.19 bits per heavy atom. The molecular weight excluding hydrogens is 274 g/mol. The van der Waals surface area contributed by atoms with Crippen LogP contribution in [0.1, 0.15) is 0 Å². The van der Waals surface area contributed by atoms with Crippen LogP contribution in [-0.4, -0.2) is 32.6 Å². The van der Waals surface area contributed by atoms with Crippen LogP contribution in [0.5, 0.6) is 11.6 Å². The molecule has 8 heteroatoms. The Hall–Kier alpha value is -3.16. The number of ether oxygens (including phenoxy) is 1. The number of aromatic nitrogens is 4. The third kappa shape index (κ3) is 2.46. The van der Waals surface area contributed by atoms with E-state index in [1.54, 1.807) is 24.3 Å². The van der Waals surface area contributed by atoms with Crippen molar-refractivity contribution >= 4 is 5.69 Å². The van der Waals surface area contributed by atoms with Gasteiger partial charge in [-0.15, -0.1) is 10.2 Å². The number of nitrogen functional groups attached to an aromatic ring is 1. The molecule has 0 unspecified atom stereocenters. The maximum Gasteiger partial charge on any atom is 0.258 e. The fraction of sp³-hybridized carbons (Fsp3) is 0.0769. The maximum atomic E-state index is 9.59. The van der Waals surface area contributed by atoms with Crippen molar-refractivity contribution in [3.8, 4) is 34.6 Å². The Morgan fingerprint density at radius 2 is 2.05 bits per heavy atom. The van der Waals surface area contributed by atoms with E-state index in [4.69, 9.17) is 15.0 Å². The van der Waals surface area contributed by atoms with Crippen LogP contribution in [-0.2, 0) is 0 Å². The Labute approximate surface area is 119 Å². The maximum absolute atomic E-state index is 9.59. The van der Waals surface area contributed by atoms with Gasteiger partial charge in [0, 0.05) is 11.6 Å². The van der Waals surface area contributed by atoms with E-state index in [0.29, 0.717) is 17.1 Å². The first-order valence-corrected chi connectivity index (χ1v) is 5.98. The molecule has 8 nitrogen and oxygen atoms in total. The van der Waals surface area contributed by atoms with E-state index in [1.165, 1.54) is 13.2 Å². The highest BCUT2D eigenvalue weighted by atomic mass is 16.5. The highest BCUT2D eigenvalue weighted by molar-refractivity contribution is 5.65. The molecule has 0 saturated carbocycles. The van der Waals surface area contributed by atoms with Crippen molar-refractivity contribution in [3.05, 3.63) is 30.3 Å². The van der Waals surface area contributed by atoms with E-state index in [-0.39, 0.29) is 23.2 Å². The molecular formula is C13H11N5O3. The summed E-state index contributed by atoms with van der Waals surface area (Å²) in [5.41, 5.74) is 6.83. The predicted molar refractivity (Wildman–Crippen MR) is 73.4 cm³/mol. The molecule has 0 amide bonds. The minimum atomic E-state index is -0.0449. The lowest BCUT2D eigenvalue weighted by Gasteiger charge is -1.99. The zero-order chi connectivity index (χ0) is 14.8. The van der Waals surface area contributed by atoms with Gasteiger partial charge in [-0.05, 0) is 24.3 Å². The third-order valence-electron chi connectivity index (χ3n) is 2.78. The molecule has 3 aromatic rings. The van der Waals surface area contributed by atoms with Crippen LogP contribution < -0.4 is 10.5 Å². The van der Waals surface area contributed by atoms with Crippen LogP contribution in [0.2, 0.25) is 0 Å². The molecule has 0 radical (unpaired) electrons. The number of nitrogens with zero attached hydrogens (tertiary/aromatic N) is 4. The predicted octanol–water partition coefficient (Wildman–Crippen LogP) is 1.49. The molecule has 0 fully saturated rings. The number of phenolic OH excluding ortho intramolecular Hbond substituents is 1. The summed E-state index contributed by atoms with van der Waals surface area (Å²) in [6.07, 6.45) is 0. The lowest BCUT2D eigenvalue weighted by molar-refractivity contribution is 0.392. The molecule has 0 saturated heterocycles. The van der Waals surface area contributed by atoms with Crippen molar-refractivity contribution in [3.63, 3.8) is 0 Å². The van der Waals surface area contributed by atoms with E-state index in [9.17, 15) is 5.11 Å². The molecule has 0 bridgehead atoms. The Balaban J connectivity index is 1.93. The van der Waals surface area contributed by atoms with Crippen LogP contribution in [0, 0.1) is 0 Å². The number of hydrogen-bond acceptors (Lipinski definition) is 8. The molecule has 2 aromatic heterocycles. The van der Waals surface area contributed by atoms with Crippen LogP contribution in [0.3, 0.4) is 0 Å². The van der Waals surface area contributed by atoms with Crippen molar-refractivity contribution in [2.45, 2.75) is 0 Å². The molecule has 2 heterocycles. The summed E-state index contributed by atoms with van der Waals surface area (Å²) in [5, 5.41) is 21.2. The zero-order valence-electron chi connectivity index (χ0n) is 11.0. The second-order valence-electron chi connectivity index (χ2n) is 4.16. The van der Waals surface area contributed by atoms with Crippen LogP contribution in [0.25, 0.3) is 23.0 Å². The second kappa shape index (κ2) is 5.08. The second-order valence-corrected chi connectivity index (χ2v) is 4.16. The van der Waals surface area contributed by atoms with Gasteiger partial charge in [0.25, 0.3) is 5.89 Å². The van der Waals surface area contributed by atoms with Crippen molar-refractivity contribution in [2.75, 3.05) is 12.8 Å². The quantitative estimate of drug-likeness (QED) is 0.548. The smallest absolute Gasteiger partial charge is 0.258 e. The van der Waals surface area contributed by atoms with Gasteiger partial charge in [0.05, 0.1) is 12.8 Å². The molecule has 3 N–H and O–H groups in total. The number of anilines is 1. The van der Waals surface area contributed by atoms with E-state index in [0.717, 1.165) is 0 Å². The summed E-state index contributed by atoms with van der Waals surface area (Å²) in [5.74, 6) is 0.886. The molecule has 0 aliphatic rings. The number of aromatic hydroxyl groups is 1. The number of methoxy groups -OCH3 is 1. The Kier molecular flexibility index (Phi) is 3.11. The molecule has 0 aliphatic heterocycles. The number of hydrogen-bond donors (Lipinski definition) is 2. The SMILES string of the molecule is COc1ccc(-c2noc(-c3ccc(N)c(O)c3)n2)nn1. The standard InChI is InChI=1S/C13H11N5O3/c1-20-11-5-4-9(16-17-11)12-15-13(21-18-12)7-2-3-8(14)10(19)6-7/h2-6,19H,14H2,1H3. The third-order valence-corrected chi connectivity index (χ3v) is 2.78. The summed E-state index contributed by atoms with van der Waals surface area (Å²) < 4.78 is 10.1. The monoisotopic (exact) mass is 285 g/mol. The molecule has 106 valence electrons. The normalized spacial score (nSPS) is 10.5. The summed E-state index contributed by atoms with van der Waals surface area (Å²) in [7, 11) is 1.50. The average molecular weight is 285 g/mol. The topological polar surface area (TPSA) is 120 Å². The summed E-state index contributed by atoms with van der Waals surface area (Å²) >= 11 is 0. The fourth-order valence-corrected chi connectivity index (χ4v) is 1.67. The molecule has 0 atom stereocenters. The molecule has 21 heavy (non-hydrogen) atoms. The number of nitrogens with two attached hydrogens (primary N) is 1. The van der Waals surface area contributed by atoms with Gasteiger partial charge in [-0.25, -0.2) is 0 Å². The van der Waals surface area contributed by atoms with Crippen LogP contribution in [0.15, 0.2) is 34.9 Å². The van der Waals surface area contributed by atoms with E-state index >= 15 is 0 Å². The van der Waals surface area contributed by atoms with E-state index in [2.05, 4.69) is 20.3 Å². The largest absolute Gasteiger partial charge is 0.506 e. The van der Waals surface area contributed by atoms with Crippen molar-refractivity contribution in [2.24, 2.45) is 0 Å². The van der Waals surface area contributed by atoms with E-state index < -0.39 is 0 Å². The lowest BCUT2D eigenvalue weighted by atomic mass is 10.2. The highest BCUT2D eigenvalue weighted by Gasteiger charge is 2.13. The summed E-state index contributed by atoms with van der Waals surface area (Å²) in [6.45, 7) is 0. The van der Waals surface area contributed by atoms with Gasteiger partial charge in [-0.2, -0.15) is 4.98 Å². The minimum Gasteiger partial charge on any atom is -0.506 e. The van der Waals surface area contributed by atoms with Crippen molar-refractivity contribution < 1.29 is 14.4 Å². The average Bonchev–Trinajstić information content (AvgIpc) is 3.00. The molecule has 1 aromatic carbocycles. The van der Waals surface area contributed by atoms with Gasteiger partial charge in [-0.3, -0.25) is 0 Å². The lowest BCUT2D eigenvalue weighted by Crippen LogP contribution is -1.93. The zero-order valence-corrected chi connectivity index (χ0v) is 11.0. The number of rotatable bonds is 3. The molecule has 0 spiro atoms. The fourth-order valence-electron chi connectivity index (χ4n) is 1.67. The molecule has 3 rings (SSSR count). The number of benzene rings is 1. The van der Waals surface area contributed by atoms with Crippen molar-refractivity contribution in [1.29, 1.82) is 0 Å². The van der Waals surface area contributed by atoms with Crippen LogP contribution >= 0.6 is 0 Å². The van der Waals surface area contributed by atoms with Gasteiger partial charge in [-0.1, -0.05) is 5.16 Å².